The number of aliphatic hydroxyl groups excluding tert-OH is 1. The van der Waals surface area contributed by atoms with Crippen molar-refractivity contribution in [3.8, 4) is 5.75 Å². The van der Waals surface area contributed by atoms with Crippen LogP contribution in [0.2, 0.25) is 10.0 Å². The van der Waals surface area contributed by atoms with Gasteiger partial charge in [0.1, 0.15) is 0 Å². The molecule has 1 N–H and O–H groups in total. The van der Waals surface area contributed by atoms with Crippen molar-refractivity contribution in [2.45, 2.75) is 19.3 Å². The van der Waals surface area contributed by atoms with E-state index in [2.05, 4.69) is 4.74 Å². The van der Waals surface area contributed by atoms with Crippen LogP contribution in [0, 0.1) is 0 Å². The van der Waals surface area contributed by atoms with Crippen molar-refractivity contribution in [3.63, 3.8) is 0 Å². The molecule has 0 heterocycles. The molecule has 0 aliphatic carbocycles. The Hall–Kier alpha value is -1.01. The predicted molar refractivity (Wildman–Crippen MR) is 84.8 cm³/mol. The Morgan fingerprint density at radius 3 is 2.45 bits per heavy atom. The first-order chi connectivity index (χ1) is 10.6. The third-order valence-electron chi connectivity index (χ3n) is 2.82. The van der Waals surface area contributed by atoms with Gasteiger partial charge in [-0.2, -0.15) is 0 Å². The van der Waals surface area contributed by atoms with Gasteiger partial charge in [0.2, 0.25) is 0 Å². The minimum Gasteiger partial charge on any atom is -0.490 e. The zero-order chi connectivity index (χ0) is 16.4. The molecule has 0 spiro atoms. The van der Waals surface area contributed by atoms with E-state index in [-0.39, 0.29) is 19.0 Å². The Bertz CT molecular complexity index is 456. The summed E-state index contributed by atoms with van der Waals surface area (Å²) in [5, 5.41) is 9.39. The molecule has 0 amide bonds. The fourth-order valence-electron chi connectivity index (χ4n) is 1.74. The second-order valence-electron chi connectivity index (χ2n) is 4.50. The van der Waals surface area contributed by atoms with E-state index in [4.69, 9.17) is 37.8 Å². The number of hydrogen-bond donors (Lipinski definition) is 1. The molecule has 1 rings (SSSR count). The average Bonchev–Trinajstić information content (AvgIpc) is 2.50. The van der Waals surface area contributed by atoms with Gasteiger partial charge >= 0.3 is 5.97 Å². The van der Waals surface area contributed by atoms with Gasteiger partial charge in [0.15, 0.2) is 5.75 Å². The zero-order valence-corrected chi connectivity index (χ0v) is 14.0. The SMILES string of the molecule is COC(=O)CCc1cc(Cl)c(OCCCOCCO)c(Cl)c1. The molecule has 0 saturated carbocycles. The molecule has 0 bridgehead atoms. The summed E-state index contributed by atoms with van der Waals surface area (Å²) < 4.78 is 15.3. The summed E-state index contributed by atoms with van der Waals surface area (Å²) in [6, 6.07) is 3.46. The fourth-order valence-corrected chi connectivity index (χ4v) is 2.39. The number of rotatable bonds is 10. The van der Waals surface area contributed by atoms with Crippen molar-refractivity contribution in [1.29, 1.82) is 0 Å². The lowest BCUT2D eigenvalue weighted by Crippen LogP contribution is -2.06. The van der Waals surface area contributed by atoms with E-state index in [0.29, 0.717) is 48.5 Å². The highest BCUT2D eigenvalue weighted by Gasteiger charge is 2.11. The van der Waals surface area contributed by atoms with Crippen LogP contribution < -0.4 is 4.74 Å². The lowest BCUT2D eigenvalue weighted by Gasteiger charge is -2.12. The number of methoxy groups -OCH3 is 1. The van der Waals surface area contributed by atoms with Gasteiger partial charge < -0.3 is 19.3 Å². The monoisotopic (exact) mass is 350 g/mol. The molecule has 0 atom stereocenters. The van der Waals surface area contributed by atoms with Crippen molar-refractivity contribution >= 4 is 29.2 Å². The normalized spacial score (nSPS) is 10.5. The molecule has 22 heavy (non-hydrogen) atoms. The molecule has 0 radical (unpaired) electrons. The number of ether oxygens (including phenoxy) is 3. The quantitative estimate of drug-likeness (QED) is 0.519. The number of halogens is 2. The Labute approximate surface area is 140 Å². The van der Waals surface area contributed by atoms with Gasteiger partial charge in [0, 0.05) is 19.4 Å². The summed E-state index contributed by atoms with van der Waals surface area (Å²) >= 11 is 12.3. The standard InChI is InChI=1S/C15H20Cl2O5/c1-20-14(19)4-3-11-9-12(16)15(13(17)10-11)22-7-2-6-21-8-5-18/h9-10,18H,2-8H2,1H3. The molecule has 7 heteroatoms. The average molecular weight is 351 g/mol. The van der Waals surface area contributed by atoms with Gasteiger partial charge in [0.25, 0.3) is 0 Å². The van der Waals surface area contributed by atoms with Gasteiger partial charge in [-0.15, -0.1) is 0 Å². The summed E-state index contributed by atoms with van der Waals surface area (Å²) in [5.41, 5.74) is 0.846. The minimum absolute atomic E-state index is 0.00551. The van der Waals surface area contributed by atoms with Crippen LogP contribution in [0.5, 0.6) is 5.75 Å². The van der Waals surface area contributed by atoms with Gasteiger partial charge in [0.05, 0.1) is 37.0 Å². The molecule has 5 nitrogen and oxygen atoms in total. The number of benzene rings is 1. The highest BCUT2D eigenvalue weighted by molar-refractivity contribution is 6.37. The largest absolute Gasteiger partial charge is 0.490 e. The minimum atomic E-state index is -0.282. The maximum atomic E-state index is 11.1. The Morgan fingerprint density at radius 1 is 1.18 bits per heavy atom. The first-order valence-corrected chi connectivity index (χ1v) is 7.70. The van der Waals surface area contributed by atoms with Crippen LogP contribution in [-0.4, -0.2) is 44.6 Å². The van der Waals surface area contributed by atoms with Crippen LogP contribution in [0.4, 0.5) is 0 Å². The molecule has 0 aliphatic rings. The molecule has 1 aromatic rings. The summed E-state index contributed by atoms with van der Waals surface area (Å²) in [6.45, 7) is 1.22. The number of esters is 1. The number of aliphatic hydroxyl groups is 1. The van der Waals surface area contributed by atoms with Crippen molar-refractivity contribution in [3.05, 3.63) is 27.7 Å². The van der Waals surface area contributed by atoms with E-state index in [0.717, 1.165) is 5.56 Å². The van der Waals surface area contributed by atoms with E-state index in [1.807, 2.05) is 0 Å². The molecule has 1 aromatic carbocycles. The van der Waals surface area contributed by atoms with Crippen molar-refractivity contribution in [2.75, 3.05) is 33.5 Å². The number of aryl methyl sites for hydroxylation is 1. The molecule has 124 valence electrons. The lowest BCUT2D eigenvalue weighted by atomic mass is 10.1. The van der Waals surface area contributed by atoms with E-state index in [1.54, 1.807) is 12.1 Å². The van der Waals surface area contributed by atoms with Crippen LogP contribution >= 0.6 is 23.2 Å². The van der Waals surface area contributed by atoms with Gasteiger partial charge in [-0.05, 0) is 24.1 Å². The Balaban J connectivity index is 2.49. The van der Waals surface area contributed by atoms with E-state index in [1.165, 1.54) is 7.11 Å². The van der Waals surface area contributed by atoms with Crippen molar-refractivity contribution in [1.82, 2.24) is 0 Å². The third-order valence-corrected chi connectivity index (χ3v) is 3.38. The Morgan fingerprint density at radius 2 is 1.86 bits per heavy atom. The van der Waals surface area contributed by atoms with Gasteiger partial charge in [-0.3, -0.25) is 4.79 Å². The maximum Gasteiger partial charge on any atom is 0.305 e. The van der Waals surface area contributed by atoms with Crippen LogP contribution in [0.1, 0.15) is 18.4 Å². The molecule has 0 aliphatic heterocycles. The van der Waals surface area contributed by atoms with E-state index >= 15 is 0 Å². The van der Waals surface area contributed by atoms with E-state index < -0.39 is 0 Å². The van der Waals surface area contributed by atoms with Crippen LogP contribution in [0.3, 0.4) is 0 Å². The highest BCUT2D eigenvalue weighted by Crippen LogP contribution is 2.34. The molecule has 0 unspecified atom stereocenters. The molecule has 0 aromatic heterocycles. The fraction of sp³-hybridized carbons (Fsp3) is 0.533. The van der Waals surface area contributed by atoms with Gasteiger partial charge in [-0.25, -0.2) is 0 Å². The molecular weight excluding hydrogens is 331 g/mol. The van der Waals surface area contributed by atoms with E-state index in [9.17, 15) is 4.79 Å². The molecule has 0 fully saturated rings. The highest BCUT2D eigenvalue weighted by atomic mass is 35.5. The van der Waals surface area contributed by atoms with Gasteiger partial charge in [-0.1, -0.05) is 23.2 Å². The van der Waals surface area contributed by atoms with Crippen LogP contribution in [0.15, 0.2) is 12.1 Å². The second-order valence-corrected chi connectivity index (χ2v) is 5.32. The number of hydrogen-bond acceptors (Lipinski definition) is 5. The predicted octanol–water partition coefficient (Wildman–Crippen LogP) is 2.88. The first-order valence-electron chi connectivity index (χ1n) is 6.94. The first kappa shape index (κ1) is 19.0. The molecular formula is C15H20Cl2O5. The smallest absolute Gasteiger partial charge is 0.305 e. The summed E-state index contributed by atoms with van der Waals surface area (Å²) in [6.07, 6.45) is 1.43. The summed E-state index contributed by atoms with van der Waals surface area (Å²) in [7, 11) is 1.35. The van der Waals surface area contributed by atoms with Crippen molar-refractivity contribution < 1.29 is 24.1 Å². The zero-order valence-electron chi connectivity index (χ0n) is 12.4. The van der Waals surface area contributed by atoms with Crippen LogP contribution in [0.25, 0.3) is 0 Å². The van der Waals surface area contributed by atoms with Crippen LogP contribution in [-0.2, 0) is 20.7 Å². The lowest BCUT2D eigenvalue weighted by molar-refractivity contribution is -0.140. The number of carbonyl (C=O) groups excluding carboxylic acids is 1. The maximum absolute atomic E-state index is 11.1. The second kappa shape index (κ2) is 10.7. The topological polar surface area (TPSA) is 65.0 Å². The Kier molecular flexibility index (Phi) is 9.24. The third kappa shape index (κ3) is 6.83. The summed E-state index contributed by atoms with van der Waals surface area (Å²) in [4.78, 5) is 11.1. The molecule has 0 saturated heterocycles. The van der Waals surface area contributed by atoms with Crippen molar-refractivity contribution in [2.24, 2.45) is 0 Å². The number of carbonyl (C=O) groups is 1. The summed E-state index contributed by atoms with van der Waals surface area (Å²) in [5.74, 6) is 0.141.